The van der Waals surface area contributed by atoms with Crippen molar-refractivity contribution >= 4 is 27.5 Å². The number of methoxy groups -OCH3 is 1. The summed E-state index contributed by atoms with van der Waals surface area (Å²) in [6.07, 6.45) is 3.17. The zero-order valence-corrected chi connectivity index (χ0v) is 30.2. The minimum atomic E-state index is -1.28. The summed E-state index contributed by atoms with van der Waals surface area (Å²) < 4.78 is 65.9. The van der Waals surface area contributed by atoms with E-state index in [1.807, 2.05) is 6.92 Å². The standard InChI is InChI=1S/C39H46F3N5O6/c1-37(49)14-22(15-37)17-47-18-24(40)16-39(9-5-8-28(39)47)21-53-36-44-33-30(34(45-36)46-10-11-52-20-38(2,50)19-46)35(51-3)43-32(31(33)42)26-13-25(48)12-23-6-4-7-27(41)29(23)26/h4,6-7,12-13,22,24,28,48-50H,5,8-11,14-21H2,1-3H3/t22?,24-,28+,37?,38-,39+/m0/s1. The van der Waals surface area contributed by atoms with Gasteiger partial charge in [0.15, 0.2) is 5.82 Å². The Balaban J connectivity index is 1.23. The molecule has 0 spiro atoms. The van der Waals surface area contributed by atoms with Crippen molar-refractivity contribution in [2.75, 3.05) is 58.0 Å². The van der Waals surface area contributed by atoms with Gasteiger partial charge < -0.3 is 34.4 Å². The summed E-state index contributed by atoms with van der Waals surface area (Å²) >= 11 is 0. The Labute approximate surface area is 305 Å². The Kier molecular flexibility index (Phi) is 9.10. The summed E-state index contributed by atoms with van der Waals surface area (Å²) in [7, 11) is 1.37. The Morgan fingerprint density at radius 3 is 2.62 bits per heavy atom. The molecule has 4 atom stereocenters. The van der Waals surface area contributed by atoms with Gasteiger partial charge in [-0.1, -0.05) is 18.6 Å². The molecule has 14 heteroatoms. The quantitative estimate of drug-likeness (QED) is 0.210. The number of nitrogens with zero attached hydrogens (tertiary/aromatic N) is 5. The lowest BCUT2D eigenvalue weighted by atomic mass is 9.70. The molecule has 3 N–H and O–H groups in total. The molecule has 2 aliphatic heterocycles. The fourth-order valence-corrected chi connectivity index (χ4v) is 9.56. The highest BCUT2D eigenvalue weighted by Crippen LogP contribution is 2.50. The van der Waals surface area contributed by atoms with Crippen LogP contribution in [0.2, 0.25) is 0 Å². The van der Waals surface area contributed by atoms with Gasteiger partial charge in [0.05, 0.1) is 39.1 Å². The SMILES string of the molecule is COc1nc(-c2cc(O)cc3cccc(F)c23)c(F)c2nc(OC[C@]34CCC[C@H]3N(CC3CC(C)(O)C3)C[C@@H](F)C4)nc(N3CCOC[C@@](C)(O)C3)c12. The van der Waals surface area contributed by atoms with Crippen molar-refractivity contribution in [2.24, 2.45) is 11.3 Å². The number of anilines is 1. The van der Waals surface area contributed by atoms with Gasteiger partial charge in [-0.15, -0.1) is 0 Å². The topological polar surface area (TPSA) is 134 Å². The zero-order chi connectivity index (χ0) is 37.3. The fraction of sp³-hybridized carbons (Fsp3) is 0.564. The van der Waals surface area contributed by atoms with Crippen LogP contribution in [0, 0.1) is 23.0 Å². The third-order valence-corrected chi connectivity index (χ3v) is 11.6. The van der Waals surface area contributed by atoms with Crippen LogP contribution in [0.3, 0.4) is 0 Å². The molecule has 4 fully saturated rings. The highest BCUT2D eigenvalue weighted by Gasteiger charge is 2.53. The first-order valence-corrected chi connectivity index (χ1v) is 18.4. The molecule has 2 saturated carbocycles. The summed E-state index contributed by atoms with van der Waals surface area (Å²) in [5.74, 6) is -1.31. The molecule has 53 heavy (non-hydrogen) atoms. The number of piperidine rings is 1. The van der Waals surface area contributed by atoms with E-state index >= 15 is 13.2 Å². The van der Waals surface area contributed by atoms with E-state index in [1.54, 1.807) is 17.9 Å². The van der Waals surface area contributed by atoms with E-state index in [-0.39, 0.29) is 90.0 Å². The van der Waals surface area contributed by atoms with E-state index in [0.29, 0.717) is 43.7 Å². The van der Waals surface area contributed by atoms with Crippen LogP contribution in [-0.2, 0) is 4.74 Å². The smallest absolute Gasteiger partial charge is 0.319 e. The fourth-order valence-electron chi connectivity index (χ4n) is 9.56. The summed E-state index contributed by atoms with van der Waals surface area (Å²) in [6, 6.07) is 6.91. The van der Waals surface area contributed by atoms with Crippen molar-refractivity contribution in [3.05, 3.63) is 42.0 Å². The number of phenols is 1. The molecular weight excluding hydrogens is 691 g/mol. The normalized spacial score (nSPS) is 30.6. The van der Waals surface area contributed by atoms with Crippen LogP contribution in [0.15, 0.2) is 30.3 Å². The van der Waals surface area contributed by atoms with Gasteiger partial charge in [-0.3, -0.25) is 4.90 Å². The van der Waals surface area contributed by atoms with Gasteiger partial charge in [-0.05, 0) is 75.5 Å². The number of likely N-dealkylation sites (tertiary alicyclic amines) is 1. The number of pyridine rings is 1. The molecule has 0 unspecified atom stereocenters. The van der Waals surface area contributed by atoms with Crippen LogP contribution in [0.5, 0.6) is 17.6 Å². The van der Waals surface area contributed by atoms with Crippen molar-refractivity contribution in [1.82, 2.24) is 19.9 Å². The monoisotopic (exact) mass is 737 g/mol. The second-order valence-electron chi connectivity index (χ2n) is 16.2. The molecule has 8 rings (SSSR count). The van der Waals surface area contributed by atoms with Crippen LogP contribution in [-0.4, -0.2) is 112 Å². The molecule has 2 aromatic carbocycles. The number of β-amino-alcohol motifs (C(OH)–C–C–N with tert-alkyl or cyclic N) is 1. The van der Waals surface area contributed by atoms with Gasteiger partial charge in [0.2, 0.25) is 5.88 Å². The Bertz CT molecular complexity index is 2040. The predicted octanol–water partition coefficient (Wildman–Crippen LogP) is 5.55. The van der Waals surface area contributed by atoms with Crippen molar-refractivity contribution in [2.45, 2.75) is 75.8 Å². The number of aromatic nitrogens is 3. The molecule has 0 amide bonds. The lowest BCUT2D eigenvalue weighted by Crippen LogP contribution is -2.58. The van der Waals surface area contributed by atoms with Crippen molar-refractivity contribution < 1.29 is 42.7 Å². The number of halogens is 3. The van der Waals surface area contributed by atoms with Crippen LogP contribution in [0.25, 0.3) is 32.9 Å². The average molecular weight is 738 g/mol. The molecule has 11 nitrogen and oxygen atoms in total. The Morgan fingerprint density at radius 1 is 1.04 bits per heavy atom. The molecule has 2 aromatic heterocycles. The maximum absolute atomic E-state index is 17.1. The molecule has 4 aliphatic rings. The first-order chi connectivity index (χ1) is 25.2. The number of phenolic OH excluding ortho intramolecular Hbond substituents is 1. The molecular formula is C39H46F3N5O6. The molecule has 2 saturated heterocycles. The highest BCUT2D eigenvalue weighted by molar-refractivity contribution is 6.02. The molecule has 0 bridgehead atoms. The number of ether oxygens (including phenoxy) is 3. The van der Waals surface area contributed by atoms with Crippen molar-refractivity contribution in [3.63, 3.8) is 0 Å². The molecule has 284 valence electrons. The van der Waals surface area contributed by atoms with E-state index in [9.17, 15) is 15.3 Å². The number of aromatic hydroxyl groups is 1. The van der Waals surface area contributed by atoms with Gasteiger partial charge >= 0.3 is 6.01 Å². The van der Waals surface area contributed by atoms with Gasteiger partial charge in [0.25, 0.3) is 0 Å². The van der Waals surface area contributed by atoms with E-state index in [0.717, 1.165) is 19.3 Å². The predicted molar refractivity (Wildman–Crippen MR) is 192 cm³/mol. The van der Waals surface area contributed by atoms with Gasteiger partial charge in [0, 0.05) is 42.0 Å². The second-order valence-corrected chi connectivity index (χ2v) is 16.2. The van der Waals surface area contributed by atoms with Gasteiger partial charge in [0.1, 0.15) is 45.8 Å². The number of hydrogen-bond donors (Lipinski definition) is 3. The molecule has 4 aromatic rings. The molecule has 4 heterocycles. The largest absolute Gasteiger partial charge is 0.508 e. The summed E-state index contributed by atoms with van der Waals surface area (Å²) in [4.78, 5) is 17.9. The van der Waals surface area contributed by atoms with E-state index in [1.165, 1.54) is 31.4 Å². The minimum Gasteiger partial charge on any atom is -0.508 e. The third kappa shape index (κ3) is 6.72. The number of aliphatic hydroxyl groups is 2. The van der Waals surface area contributed by atoms with E-state index in [4.69, 9.17) is 19.2 Å². The third-order valence-electron chi connectivity index (χ3n) is 11.6. The summed E-state index contributed by atoms with van der Waals surface area (Å²) in [6.45, 7) is 5.30. The maximum Gasteiger partial charge on any atom is 0.319 e. The van der Waals surface area contributed by atoms with Crippen LogP contribution in [0.1, 0.15) is 52.4 Å². The first-order valence-electron chi connectivity index (χ1n) is 18.4. The Morgan fingerprint density at radius 2 is 1.85 bits per heavy atom. The van der Waals surface area contributed by atoms with E-state index in [2.05, 4.69) is 14.9 Å². The molecule has 0 radical (unpaired) electrons. The van der Waals surface area contributed by atoms with Crippen molar-refractivity contribution in [1.29, 1.82) is 0 Å². The maximum atomic E-state index is 17.1. The van der Waals surface area contributed by atoms with Crippen molar-refractivity contribution in [3.8, 4) is 28.9 Å². The van der Waals surface area contributed by atoms with Crippen LogP contribution in [0.4, 0.5) is 19.0 Å². The number of hydrogen-bond acceptors (Lipinski definition) is 11. The lowest BCUT2D eigenvalue weighted by molar-refractivity contribution is -0.0917. The number of benzene rings is 2. The number of alkyl halides is 1. The minimum absolute atomic E-state index is 0.00137. The second kappa shape index (κ2) is 13.4. The van der Waals surface area contributed by atoms with Crippen LogP contribution < -0.4 is 14.4 Å². The molecule has 2 aliphatic carbocycles. The Hall–Kier alpha value is -3.98. The first kappa shape index (κ1) is 36.0. The highest BCUT2D eigenvalue weighted by atomic mass is 19.1. The number of rotatable bonds is 8. The average Bonchev–Trinajstić information content (AvgIpc) is 3.42. The lowest BCUT2D eigenvalue weighted by Gasteiger charge is -2.51. The van der Waals surface area contributed by atoms with Gasteiger partial charge in [-0.25, -0.2) is 18.2 Å². The summed E-state index contributed by atoms with van der Waals surface area (Å²) in [5, 5.41) is 32.6. The summed E-state index contributed by atoms with van der Waals surface area (Å²) in [5.41, 5.74) is -2.98. The number of fused-ring (bicyclic) bond motifs is 3. The zero-order valence-electron chi connectivity index (χ0n) is 30.2. The van der Waals surface area contributed by atoms with Crippen LogP contribution >= 0.6 is 0 Å². The van der Waals surface area contributed by atoms with E-state index < -0.39 is 34.4 Å². The van der Waals surface area contributed by atoms with Gasteiger partial charge in [-0.2, -0.15) is 9.97 Å².